The van der Waals surface area contributed by atoms with Crippen molar-refractivity contribution >= 4 is 68.3 Å². The molecule has 18 heavy (non-hydrogen) atoms. The second-order valence-electron chi connectivity index (χ2n) is 4.01. The highest BCUT2D eigenvalue weighted by molar-refractivity contribution is 6.51. The summed E-state index contributed by atoms with van der Waals surface area (Å²) in [6, 6.07) is 5.43. The van der Waals surface area contributed by atoms with Crippen LogP contribution in [0, 0.1) is 6.92 Å². The summed E-state index contributed by atoms with van der Waals surface area (Å²) >= 11 is 24.4. The Labute approximate surface area is 123 Å². The topological polar surface area (TPSA) is 13.1 Å². The average molecular weight is 320 g/mol. The van der Waals surface area contributed by atoms with Gasteiger partial charge in [-0.3, -0.25) is 0 Å². The molecule has 5 heteroatoms. The zero-order valence-electron chi connectivity index (χ0n) is 9.15. The fourth-order valence-electron chi connectivity index (χ4n) is 2.07. The fourth-order valence-corrected chi connectivity index (χ4v) is 2.92. The van der Waals surface area contributed by atoms with Crippen molar-refractivity contribution in [2.24, 2.45) is 0 Å². The van der Waals surface area contributed by atoms with E-state index in [0.717, 1.165) is 16.3 Å². The Bertz CT molecular complexity index is 789. The molecular weight excluding hydrogens is 314 g/mol. The molecule has 0 amide bonds. The van der Waals surface area contributed by atoms with E-state index in [1.807, 2.05) is 13.0 Å². The quantitative estimate of drug-likeness (QED) is 0.430. The maximum Gasteiger partial charge on any atom is 0.155 e. The number of furan rings is 1. The summed E-state index contributed by atoms with van der Waals surface area (Å²) in [7, 11) is 0. The molecule has 0 aliphatic rings. The molecule has 0 radical (unpaired) electrons. The van der Waals surface area contributed by atoms with Crippen LogP contribution in [0.1, 0.15) is 5.56 Å². The van der Waals surface area contributed by atoms with Crippen molar-refractivity contribution in [3.05, 3.63) is 43.9 Å². The summed E-state index contributed by atoms with van der Waals surface area (Å²) in [5, 5.41) is 3.50. The minimum absolute atomic E-state index is 0.313. The Morgan fingerprint density at radius 3 is 2.39 bits per heavy atom. The summed E-state index contributed by atoms with van der Waals surface area (Å²) in [6.45, 7) is 1.89. The minimum Gasteiger partial charge on any atom is -0.454 e. The van der Waals surface area contributed by atoms with Crippen LogP contribution in [0.5, 0.6) is 0 Å². The van der Waals surface area contributed by atoms with E-state index in [2.05, 4.69) is 0 Å². The van der Waals surface area contributed by atoms with Gasteiger partial charge in [0.2, 0.25) is 0 Å². The molecule has 0 atom stereocenters. The molecule has 0 unspecified atom stereocenters. The zero-order chi connectivity index (χ0) is 13.0. The Balaban J connectivity index is 2.62. The van der Waals surface area contributed by atoms with Gasteiger partial charge in [0, 0.05) is 21.9 Å². The molecule has 0 spiro atoms. The van der Waals surface area contributed by atoms with E-state index in [0.29, 0.717) is 31.3 Å². The third-order valence-corrected chi connectivity index (χ3v) is 4.58. The SMILES string of the molecule is Cc1c(Cl)c(Cl)c(Cl)c2oc3cc(Cl)ccc3c12. The van der Waals surface area contributed by atoms with Crippen LogP contribution in [0.3, 0.4) is 0 Å². The predicted octanol–water partition coefficient (Wildman–Crippen LogP) is 6.51. The summed E-state index contributed by atoms with van der Waals surface area (Å²) in [6.07, 6.45) is 0. The Morgan fingerprint density at radius 2 is 1.67 bits per heavy atom. The molecule has 0 bridgehead atoms. The number of hydrogen-bond donors (Lipinski definition) is 0. The van der Waals surface area contributed by atoms with Gasteiger partial charge < -0.3 is 4.42 Å². The Hall–Kier alpha value is -0.600. The maximum absolute atomic E-state index is 6.17. The van der Waals surface area contributed by atoms with Gasteiger partial charge in [-0.2, -0.15) is 0 Å². The molecule has 3 aromatic rings. The number of benzene rings is 2. The van der Waals surface area contributed by atoms with E-state index >= 15 is 0 Å². The highest BCUT2D eigenvalue weighted by Gasteiger charge is 2.19. The molecule has 2 aromatic carbocycles. The smallest absolute Gasteiger partial charge is 0.155 e. The second kappa shape index (κ2) is 4.21. The third-order valence-electron chi connectivity index (χ3n) is 2.94. The molecule has 1 heterocycles. The van der Waals surface area contributed by atoms with Crippen molar-refractivity contribution in [1.82, 2.24) is 0 Å². The molecule has 1 aromatic heterocycles. The van der Waals surface area contributed by atoms with Gasteiger partial charge in [0.1, 0.15) is 10.6 Å². The van der Waals surface area contributed by atoms with Gasteiger partial charge in [0.05, 0.1) is 10.0 Å². The van der Waals surface area contributed by atoms with E-state index in [1.54, 1.807) is 12.1 Å². The lowest BCUT2D eigenvalue weighted by Crippen LogP contribution is -1.81. The molecule has 92 valence electrons. The third kappa shape index (κ3) is 1.62. The summed E-state index contributed by atoms with van der Waals surface area (Å²) in [5.74, 6) is 0. The number of rotatable bonds is 0. The van der Waals surface area contributed by atoms with Gasteiger partial charge in [-0.15, -0.1) is 0 Å². The van der Waals surface area contributed by atoms with Crippen molar-refractivity contribution in [3.8, 4) is 0 Å². The molecular formula is C13H6Cl4O. The molecule has 3 rings (SSSR count). The summed E-state index contributed by atoms with van der Waals surface area (Å²) < 4.78 is 5.72. The average Bonchev–Trinajstić information content (AvgIpc) is 2.72. The summed E-state index contributed by atoms with van der Waals surface area (Å²) in [5.41, 5.74) is 2.06. The van der Waals surface area contributed by atoms with Crippen LogP contribution in [0.15, 0.2) is 22.6 Å². The standard InChI is InChI=1S/C13H6Cl4O/c1-5-9-7-3-2-6(14)4-8(7)18-13(9)12(17)11(16)10(5)15/h2-4H,1H3. The number of halogens is 4. The monoisotopic (exact) mass is 318 g/mol. The molecule has 1 nitrogen and oxygen atoms in total. The van der Waals surface area contributed by atoms with Crippen molar-refractivity contribution in [2.75, 3.05) is 0 Å². The van der Waals surface area contributed by atoms with Crippen LogP contribution in [-0.2, 0) is 0 Å². The zero-order valence-corrected chi connectivity index (χ0v) is 12.2. The van der Waals surface area contributed by atoms with Gasteiger partial charge in [0.25, 0.3) is 0 Å². The van der Waals surface area contributed by atoms with Crippen LogP contribution >= 0.6 is 46.4 Å². The van der Waals surface area contributed by atoms with E-state index < -0.39 is 0 Å². The second-order valence-corrected chi connectivity index (χ2v) is 5.58. The minimum atomic E-state index is 0.313. The van der Waals surface area contributed by atoms with Gasteiger partial charge in [-0.25, -0.2) is 0 Å². The van der Waals surface area contributed by atoms with Crippen LogP contribution in [0.25, 0.3) is 21.9 Å². The predicted molar refractivity (Wildman–Crippen MR) is 78.5 cm³/mol. The van der Waals surface area contributed by atoms with Crippen LogP contribution in [-0.4, -0.2) is 0 Å². The van der Waals surface area contributed by atoms with E-state index in [-0.39, 0.29) is 0 Å². The fraction of sp³-hybridized carbons (Fsp3) is 0.0769. The molecule has 0 fully saturated rings. The normalized spacial score (nSPS) is 11.6. The van der Waals surface area contributed by atoms with Gasteiger partial charge in [0.15, 0.2) is 5.58 Å². The summed E-state index contributed by atoms with van der Waals surface area (Å²) in [4.78, 5) is 0. The molecule has 0 aliphatic carbocycles. The van der Waals surface area contributed by atoms with E-state index in [1.165, 1.54) is 0 Å². The first kappa shape index (κ1) is 12.4. The first-order valence-electron chi connectivity index (χ1n) is 5.15. The van der Waals surface area contributed by atoms with Crippen molar-refractivity contribution in [1.29, 1.82) is 0 Å². The lowest BCUT2D eigenvalue weighted by atomic mass is 10.1. The van der Waals surface area contributed by atoms with Crippen molar-refractivity contribution in [2.45, 2.75) is 6.92 Å². The van der Waals surface area contributed by atoms with Crippen molar-refractivity contribution < 1.29 is 4.42 Å². The largest absolute Gasteiger partial charge is 0.454 e. The Kier molecular flexibility index (Phi) is 2.91. The number of fused-ring (bicyclic) bond motifs is 3. The molecule has 0 aliphatic heterocycles. The highest BCUT2D eigenvalue weighted by Crippen LogP contribution is 2.44. The lowest BCUT2D eigenvalue weighted by Gasteiger charge is -2.04. The van der Waals surface area contributed by atoms with Crippen molar-refractivity contribution in [3.63, 3.8) is 0 Å². The first-order chi connectivity index (χ1) is 8.50. The van der Waals surface area contributed by atoms with Gasteiger partial charge in [-0.05, 0) is 24.6 Å². The number of hydrogen-bond acceptors (Lipinski definition) is 1. The maximum atomic E-state index is 6.17. The first-order valence-corrected chi connectivity index (χ1v) is 6.66. The van der Waals surface area contributed by atoms with Crippen LogP contribution in [0.4, 0.5) is 0 Å². The highest BCUT2D eigenvalue weighted by atomic mass is 35.5. The molecule has 0 saturated carbocycles. The van der Waals surface area contributed by atoms with E-state index in [4.69, 9.17) is 50.8 Å². The molecule has 0 N–H and O–H groups in total. The molecule has 0 saturated heterocycles. The lowest BCUT2D eigenvalue weighted by molar-refractivity contribution is 0.669. The number of aryl methyl sites for hydroxylation is 1. The van der Waals surface area contributed by atoms with Crippen LogP contribution < -0.4 is 0 Å². The van der Waals surface area contributed by atoms with Crippen LogP contribution in [0.2, 0.25) is 20.1 Å². The Morgan fingerprint density at radius 1 is 0.944 bits per heavy atom. The van der Waals surface area contributed by atoms with E-state index in [9.17, 15) is 0 Å². The van der Waals surface area contributed by atoms with Gasteiger partial charge in [-0.1, -0.05) is 46.4 Å². The van der Waals surface area contributed by atoms with Gasteiger partial charge >= 0.3 is 0 Å².